The zero-order valence-corrected chi connectivity index (χ0v) is 8.20. The number of nitrogens with two attached hydrogens (primary N) is 2. The second kappa shape index (κ2) is 6.86. The summed E-state index contributed by atoms with van der Waals surface area (Å²) in [6, 6.07) is -3.55. The van der Waals surface area contributed by atoms with Crippen molar-refractivity contribution < 1.29 is 19.2 Å². The van der Waals surface area contributed by atoms with Crippen molar-refractivity contribution in [2.75, 3.05) is 13.1 Å². The number of amides is 8. The van der Waals surface area contributed by atoms with Gasteiger partial charge in [-0.2, -0.15) is 0 Å². The number of carbonyl (C=O) groups excluding carboxylic acids is 4. The highest BCUT2D eigenvalue weighted by Crippen LogP contribution is 1.67. The van der Waals surface area contributed by atoms with Crippen LogP contribution in [0, 0.1) is 0 Å². The van der Waals surface area contributed by atoms with E-state index in [1.165, 1.54) is 0 Å². The summed E-state index contributed by atoms with van der Waals surface area (Å²) in [7, 11) is 0. The molecule has 16 heavy (non-hydrogen) atoms. The second-order valence-corrected chi connectivity index (χ2v) is 2.49. The van der Waals surface area contributed by atoms with Gasteiger partial charge in [0.15, 0.2) is 0 Å². The largest absolute Gasteiger partial charge is 0.351 e. The van der Waals surface area contributed by atoms with Crippen LogP contribution in [0.3, 0.4) is 0 Å². The quantitative estimate of drug-likeness (QED) is 0.302. The number of imide groups is 2. The fourth-order valence-electron chi connectivity index (χ4n) is 0.664. The number of hydrogen-bond acceptors (Lipinski definition) is 4. The molecular formula is C6H12N6O4. The summed E-state index contributed by atoms with van der Waals surface area (Å²) in [5, 5.41) is 7.93. The molecule has 0 saturated carbocycles. The number of hydrogen-bond donors (Lipinski definition) is 6. The summed E-state index contributed by atoms with van der Waals surface area (Å²) in [5.41, 5.74) is 9.32. The maximum Gasteiger partial charge on any atom is 0.322 e. The summed E-state index contributed by atoms with van der Waals surface area (Å²) in [4.78, 5) is 41.9. The number of nitrogens with one attached hydrogen (secondary N) is 4. The van der Waals surface area contributed by atoms with Crippen molar-refractivity contribution in [3.8, 4) is 0 Å². The van der Waals surface area contributed by atoms with Gasteiger partial charge in [0.25, 0.3) is 0 Å². The van der Waals surface area contributed by atoms with Gasteiger partial charge in [0.05, 0.1) is 0 Å². The van der Waals surface area contributed by atoms with Crippen LogP contribution in [-0.2, 0) is 0 Å². The minimum absolute atomic E-state index is 0.0469. The van der Waals surface area contributed by atoms with Crippen LogP contribution in [0.4, 0.5) is 19.2 Å². The van der Waals surface area contributed by atoms with Gasteiger partial charge in [-0.3, -0.25) is 10.6 Å². The topological polar surface area (TPSA) is 168 Å². The van der Waals surface area contributed by atoms with Gasteiger partial charge in [-0.25, -0.2) is 19.2 Å². The smallest absolute Gasteiger partial charge is 0.322 e. The van der Waals surface area contributed by atoms with E-state index < -0.39 is 24.1 Å². The SMILES string of the molecule is NC(=O)NC(=O)NCCNC(=O)NC(N)=O. The molecule has 8 N–H and O–H groups in total. The van der Waals surface area contributed by atoms with E-state index >= 15 is 0 Å². The van der Waals surface area contributed by atoms with E-state index in [0.717, 1.165) is 0 Å². The Morgan fingerprint density at radius 3 is 1.31 bits per heavy atom. The summed E-state index contributed by atoms with van der Waals surface area (Å²) in [5.74, 6) is 0. The Morgan fingerprint density at radius 2 is 1.06 bits per heavy atom. The van der Waals surface area contributed by atoms with Crippen LogP contribution in [0.15, 0.2) is 0 Å². The molecule has 0 aromatic heterocycles. The Morgan fingerprint density at radius 1 is 0.750 bits per heavy atom. The van der Waals surface area contributed by atoms with Gasteiger partial charge >= 0.3 is 24.1 Å². The molecular weight excluding hydrogens is 220 g/mol. The molecule has 0 radical (unpaired) electrons. The average molecular weight is 232 g/mol. The molecule has 0 fully saturated rings. The first kappa shape index (κ1) is 13.5. The lowest BCUT2D eigenvalue weighted by molar-refractivity contribution is 0.227. The molecule has 0 aliphatic heterocycles. The lowest BCUT2D eigenvalue weighted by atomic mass is 10.6. The first-order valence-corrected chi connectivity index (χ1v) is 4.10. The predicted octanol–water partition coefficient (Wildman–Crippen LogP) is -2.26. The fraction of sp³-hybridized carbons (Fsp3) is 0.333. The van der Waals surface area contributed by atoms with Crippen molar-refractivity contribution in [1.29, 1.82) is 0 Å². The molecule has 0 spiro atoms. The molecule has 0 bridgehead atoms. The van der Waals surface area contributed by atoms with E-state index in [9.17, 15) is 19.2 Å². The molecule has 8 amide bonds. The molecule has 0 aromatic carbocycles. The van der Waals surface area contributed by atoms with Crippen molar-refractivity contribution in [3.05, 3.63) is 0 Å². The third-order valence-electron chi connectivity index (χ3n) is 1.17. The summed E-state index contributed by atoms with van der Waals surface area (Å²) in [6.07, 6.45) is 0. The Kier molecular flexibility index (Phi) is 5.78. The van der Waals surface area contributed by atoms with E-state index in [1.54, 1.807) is 10.6 Å². The molecule has 0 saturated heterocycles. The van der Waals surface area contributed by atoms with Crippen LogP contribution in [0.2, 0.25) is 0 Å². The summed E-state index contributed by atoms with van der Waals surface area (Å²) >= 11 is 0. The molecule has 0 aliphatic carbocycles. The lowest BCUT2D eigenvalue weighted by Gasteiger charge is -2.06. The molecule has 0 atom stereocenters. The molecule has 0 rings (SSSR count). The van der Waals surface area contributed by atoms with Crippen LogP contribution < -0.4 is 32.7 Å². The Labute approximate surface area is 90.1 Å². The van der Waals surface area contributed by atoms with Gasteiger partial charge in [-0.1, -0.05) is 0 Å². The monoisotopic (exact) mass is 232 g/mol. The zero-order valence-electron chi connectivity index (χ0n) is 8.20. The van der Waals surface area contributed by atoms with Crippen LogP contribution in [0.1, 0.15) is 0 Å². The van der Waals surface area contributed by atoms with Crippen molar-refractivity contribution >= 4 is 24.1 Å². The summed E-state index contributed by atoms with van der Waals surface area (Å²) in [6.45, 7) is 0.0938. The minimum atomic E-state index is -0.989. The Hall–Kier alpha value is -2.52. The van der Waals surface area contributed by atoms with Crippen LogP contribution in [0.25, 0.3) is 0 Å². The van der Waals surface area contributed by atoms with E-state index in [2.05, 4.69) is 22.1 Å². The maximum absolute atomic E-state index is 10.8. The normalized spacial score (nSPS) is 8.75. The highest BCUT2D eigenvalue weighted by molar-refractivity contribution is 5.93. The van der Waals surface area contributed by atoms with Crippen molar-refractivity contribution in [1.82, 2.24) is 21.3 Å². The first-order chi connectivity index (χ1) is 7.41. The third-order valence-corrected chi connectivity index (χ3v) is 1.17. The predicted molar refractivity (Wildman–Crippen MR) is 52.2 cm³/mol. The summed E-state index contributed by atoms with van der Waals surface area (Å²) < 4.78 is 0. The third kappa shape index (κ3) is 8.10. The maximum atomic E-state index is 10.8. The van der Waals surface area contributed by atoms with Crippen molar-refractivity contribution in [2.45, 2.75) is 0 Å². The highest BCUT2D eigenvalue weighted by Gasteiger charge is 2.04. The average Bonchev–Trinajstić information content (AvgIpc) is 2.10. The number of primary amides is 2. The molecule has 90 valence electrons. The van der Waals surface area contributed by atoms with Gasteiger partial charge in [0, 0.05) is 13.1 Å². The van der Waals surface area contributed by atoms with Crippen LogP contribution >= 0.6 is 0 Å². The first-order valence-electron chi connectivity index (χ1n) is 4.10. The number of urea groups is 4. The van der Waals surface area contributed by atoms with Crippen molar-refractivity contribution in [2.24, 2.45) is 11.5 Å². The molecule has 0 heterocycles. The van der Waals surface area contributed by atoms with Gasteiger partial charge in [-0.05, 0) is 0 Å². The zero-order chi connectivity index (χ0) is 12.6. The van der Waals surface area contributed by atoms with Gasteiger partial charge < -0.3 is 22.1 Å². The Bertz CT molecular complexity index is 273. The van der Waals surface area contributed by atoms with Gasteiger partial charge in [-0.15, -0.1) is 0 Å². The van der Waals surface area contributed by atoms with E-state index in [-0.39, 0.29) is 13.1 Å². The second-order valence-electron chi connectivity index (χ2n) is 2.49. The van der Waals surface area contributed by atoms with E-state index in [1.807, 2.05) is 0 Å². The van der Waals surface area contributed by atoms with Gasteiger partial charge in [0.2, 0.25) is 0 Å². The standard InChI is InChI=1S/C6H12N6O4/c7-3(13)11-5(15)9-1-2-10-6(16)12-4(8)14/h1-2H2,(H4,7,9,11,13,15)(H4,8,10,12,14,16). The molecule has 0 aromatic rings. The Balaban J connectivity index is 3.53. The lowest BCUT2D eigenvalue weighted by Crippen LogP contribution is -2.47. The molecule has 0 aliphatic rings. The van der Waals surface area contributed by atoms with Gasteiger partial charge in [0.1, 0.15) is 0 Å². The minimum Gasteiger partial charge on any atom is -0.351 e. The fourth-order valence-corrected chi connectivity index (χ4v) is 0.664. The van der Waals surface area contributed by atoms with E-state index in [0.29, 0.717) is 0 Å². The number of rotatable bonds is 3. The van der Waals surface area contributed by atoms with E-state index in [4.69, 9.17) is 0 Å². The highest BCUT2D eigenvalue weighted by atomic mass is 16.2. The molecule has 10 nitrogen and oxygen atoms in total. The van der Waals surface area contributed by atoms with Crippen molar-refractivity contribution in [3.63, 3.8) is 0 Å². The molecule has 10 heteroatoms. The molecule has 0 unspecified atom stereocenters. The van der Waals surface area contributed by atoms with Crippen LogP contribution in [-0.4, -0.2) is 37.2 Å². The number of carbonyl (C=O) groups is 4. The van der Waals surface area contributed by atoms with Crippen LogP contribution in [0.5, 0.6) is 0 Å².